The average molecular weight is 1940 g/mol. The average Bonchev–Trinajstić information content (AvgIpc) is 1.58. The summed E-state index contributed by atoms with van der Waals surface area (Å²) in [6, 6.07) is 71.6. The van der Waals surface area contributed by atoms with Crippen LogP contribution in [0.15, 0.2) is 243 Å². The van der Waals surface area contributed by atoms with E-state index in [-0.39, 0.29) is 143 Å². The number of carbonyl (C=O) groups is 8. The number of rotatable bonds is 48. The first-order valence-electron chi connectivity index (χ1n) is 47.2. The Labute approximate surface area is 823 Å². The molecule has 12 aromatic carbocycles. The number of nitrogens with zero attached hydrogens (tertiary/aromatic N) is 6. The summed E-state index contributed by atoms with van der Waals surface area (Å²) in [6.07, 6.45) is 6.55. The molecule has 0 unspecified atom stereocenters. The largest absolute Gasteiger partial charge is 0.481 e. The Hall–Kier alpha value is -17.8. The number of hydrogen-bond acceptors (Lipinski definition) is 22. The highest BCUT2D eigenvalue weighted by atomic mass is 16.5. The smallest absolute Gasteiger partial charge is 0.303 e. The highest BCUT2D eigenvalue weighted by Crippen LogP contribution is 2.51. The van der Waals surface area contributed by atoms with Crippen LogP contribution in [-0.2, 0) is 89.7 Å². The number of fused-ring (bicyclic) bond motifs is 20. The van der Waals surface area contributed by atoms with Crippen molar-refractivity contribution in [2.75, 3.05) is 0 Å². The van der Waals surface area contributed by atoms with Crippen LogP contribution in [-0.4, -0.2) is 128 Å². The van der Waals surface area contributed by atoms with Crippen LogP contribution in [0.3, 0.4) is 0 Å². The lowest BCUT2D eigenvalue weighted by molar-refractivity contribution is -0.138. The fraction of sp³-hybridized carbons (Fsp3) is 0.214. The Morgan fingerprint density at radius 2 is 0.319 bits per heavy atom. The maximum atomic E-state index is 11.7. The number of hydrogen-bond donors (Lipinski definition) is 10. The second-order valence-electron chi connectivity index (χ2n) is 34.9. The number of aromatic nitrogens is 8. The quantitative estimate of drug-likeness (QED) is 0.0169. The molecule has 0 amide bonds. The third kappa shape index (κ3) is 25.8. The van der Waals surface area contributed by atoms with Gasteiger partial charge in [-0.3, -0.25) is 38.4 Å². The number of aromatic amines is 2. The summed E-state index contributed by atoms with van der Waals surface area (Å²) in [4.78, 5) is 133. The normalized spacial score (nSPS) is 11.3. The standard InChI is InChI=1S/C112H98N8O24/c121-97(122)17-1-9-65-25-41-73(42-26-65)137-89-57-81-82(58-90(89)138-74-43-27-66(28-44-74)10-2-18-98(123)124)106-113-105(81)117-107-83-59-91(139-75-45-29-67(30-46-75)11-3-19-99(125)126)92(140-76-47-31-68(32-48-76)12-4-20-100(127)128)60-84(83)109(114-107)119-111-87-63-95(143-79-53-37-71(38-54-79)15-7-23-103(133)134)96(144-80-55-39-72(40-56-80)16-8-24-104(135)136)64-88(87)112(116-111)120-110-86-62-94(142-78-51-35-70(36-52-78)14-6-22-102(131)132)93(61-85(86)108(115-110)118-106)141-77-49-33-69(34-50-77)13-5-21-101(129)130/h25-64H,1-24H2,(H,121,122)(H,123,124)(H,125,126)(H,127,128)(H,129,130)(H,131,132)(H,133,134)(H,135,136)(H2,113,114,115,116,117,118,119,120). The summed E-state index contributed by atoms with van der Waals surface area (Å²) in [7, 11) is 0. The third-order valence-electron chi connectivity index (χ3n) is 24.1. The fourth-order valence-corrected chi connectivity index (χ4v) is 16.8. The Bertz CT molecular complexity index is 6630. The zero-order valence-electron chi connectivity index (χ0n) is 77.9. The van der Waals surface area contributed by atoms with Gasteiger partial charge in [-0.15, -0.1) is 0 Å². The SMILES string of the molecule is O=C(O)CCCc1ccc(Oc2cc3c(cc2Oc2ccc(CCCC(=O)O)cc2)-c2nc-3nc3[nH]c(nc4nc(nc5[nH]c(n2)c2cc(Oc6ccc(CCCC(=O)O)cc6)c(Oc6ccc(CCCC(=O)O)cc6)cc52)-c2cc(Oc5ccc(CCCC(=O)O)cc5)c(Oc5ccc(CCCC(=O)O)cc5)cc2-4)c2cc(Oc4ccc(CCCC(=O)O)cc4)c(Oc4ccc(CCCC(=O)O)cc4)cc32)cc1. The lowest BCUT2D eigenvalue weighted by Gasteiger charge is -2.15. The molecule has 144 heavy (non-hydrogen) atoms. The minimum Gasteiger partial charge on any atom is -0.481 e. The van der Waals surface area contributed by atoms with Crippen molar-refractivity contribution in [3.05, 3.63) is 287 Å². The number of carboxylic acids is 8. The van der Waals surface area contributed by atoms with E-state index in [1.165, 1.54) is 0 Å². The maximum absolute atomic E-state index is 11.7. The molecule has 3 aromatic heterocycles. The van der Waals surface area contributed by atoms with Crippen LogP contribution in [0.4, 0.5) is 0 Å². The van der Waals surface area contributed by atoms with Crippen molar-refractivity contribution in [1.29, 1.82) is 0 Å². The minimum absolute atomic E-state index is 0.0356. The van der Waals surface area contributed by atoms with Gasteiger partial charge in [0.05, 0.1) is 0 Å². The van der Waals surface area contributed by atoms with Gasteiger partial charge < -0.3 is 88.7 Å². The van der Waals surface area contributed by atoms with Gasteiger partial charge in [0.25, 0.3) is 0 Å². The molecule has 32 heteroatoms. The summed E-state index contributed by atoms with van der Waals surface area (Å²) < 4.78 is 55.6. The number of H-pyrrole nitrogens is 2. The van der Waals surface area contributed by atoms with Crippen molar-refractivity contribution < 1.29 is 117 Å². The fourth-order valence-electron chi connectivity index (χ4n) is 16.8. The first kappa shape index (κ1) is 97.8. The molecule has 0 aliphatic carbocycles. The minimum atomic E-state index is -0.921. The van der Waals surface area contributed by atoms with Gasteiger partial charge in [-0.2, -0.15) is 0 Å². The van der Waals surface area contributed by atoms with Gasteiger partial charge in [-0.25, -0.2) is 29.9 Å². The molecular weight excluding hydrogens is 1840 g/mol. The second kappa shape index (κ2) is 45.4. The van der Waals surface area contributed by atoms with E-state index in [0.29, 0.717) is 193 Å². The predicted molar refractivity (Wildman–Crippen MR) is 533 cm³/mol. The number of aliphatic carboxylic acids is 8. The van der Waals surface area contributed by atoms with Crippen molar-refractivity contribution in [3.63, 3.8) is 0 Å². The van der Waals surface area contributed by atoms with Gasteiger partial charge >= 0.3 is 47.8 Å². The summed E-state index contributed by atoms with van der Waals surface area (Å²) in [5.41, 5.74) is 8.83. The molecule has 0 fully saturated rings. The molecule has 0 atom stereocenters. The zero-order chi connectivity index (χ0) is 100. The predicted octanol–water partition coefficient (Wildman–Crippen LogP) is 24.5. The molecule has 0 spiro atoms. The van der Waals surface area contributed by atoms with Crippen molar-refractivity contribution in [2.24, 2.45) is 0 Å². The zero-order valence-corrected chi connectivity index (χ0v) is 77.9. The van der Waals surface area contributed by atoms with E-state index in [4.69, 9.17) is 67.8 Å². The Balaban J connectivity index is 0.940. The van der Waals surface area contributed by atoms with Gasteiger partial charge in [0.15, 0.2) is 69.3 Å². The van der Waals surface area contributed by atoms with Gasteiger partial charge in [-0.1, -0.05) is 97.1 Å². The topological polar surface area (TPSA) is 481 Å². The van der Waals surface area contributed by atoms with E-state index >= 15 is 0 Å². The molecule has 17 rings (SSSR count). The lowest BCUT2D eigenvalue weighted by atomic mass is 10.1. The number of aryl methyl sites for hydroxylation is 8. The summed E-state index contributed by atoms with van der Waals surface area (Å²) in [6.45, 7) is 0. The van der Waals surface area contributed by atoms with Crippen molar-refractivity contribution >= 4 is 91.9 Å². The second-order valence-corrected chi connectivity index (χ2v) is 34.9. The van der Waals surface area contributed by atoms with Crippen LogP contribution >= 0.6 is 0 Å². The molecular formula is C112H98N8O24. The van der Waals surface area contributed by atoms with Crippen LogP contribution in [0.25, 0.3) is 89.7 Å². The number of ether oxygens (including phenoxy) is 8. The third-order valence-corrected chi connectivity index (χ3v) is 24.1. The molecule has 8 bridgehead atoms. The molecule has 10 N–H and O–H groups in total. The molecule has 2 aliphatic heterocycles. The highest BCUT2D eigenvalue weighted by molar-refractivity contribution is 6.08. The van der Waals surface area contributed by atoms with Gasteiger partial charge in [0.2, 0.25) is 0 Å². The van der Waals surface area contributed by atoms with Crippen LogP contribution < -0.4 is 37.9 Å². The Morgan fingerprint density at radius 1 is 0.188 bits per heavy atom. The summed E-state index contributed by atoms with van der Waals surface area (Å²) in [5, 5.41) is 77.9. The molecule has 0 saturated heterocycles. The molecule has 32 nitrogen and oxygen atoms in total. The summed E-state index contributed by atoms with van der Waals surface area (Å²) >= 11 is 0. The van der Waals surface area contributed by atoms with Gasteiger partial charge in [-0.05, 0) is 293 Å². The van der Waals surface area contributed by atoms with Crippen LogP contribution in [0.2, 0.25) is 0 Å². The van der Waals surface area contributed by atoms with E-state index in [1.807, 2.05) is 97.1 Å². The highest BCUT2D eigenvalue weighted by Gasteiger charge is 2.31. The lowest BCUT2D eigenvalue weighted by Crippen LogP contribution is -1.96. The number of benzene rings is 12. The monoisotopic (exact) mass is 1940 g/mol. The molecule has 0 saturated carbocycles. The van der Waals surface area contributed by atoms with Crippen molar-refractivity contribution in [1.82, 2.24) is 39.9 Å². The Morgan fingerprint density at radius 3 is 0.451 bits per heavy atom. The number of carboxylic acid groups (broad SMARTS) is 8. The van der Waals surface area contributed by atoms with E-state index < -0.39 is 47.8 Å². The first-order chi connectivity index (χ1) is 69.8. The van der Waals surface area contributed by atoms with Gasteiger partial charge in [0, 0.05) is 95.2 Å². The molecule has 15 aromatic rings. The van der Waals surface area contributed by atoms with E-state index in [2.05, 4.69) is 9.97 Å². The first-order valence-corrected chi connectivity index (χ1v) is 47.2. The van der Waals surface area contributed by atoms with Crippen LogP contribution in [0, 0.1) is 0 Å². The molecule has 730 valence electrons. The summed E-state index contributed by atoms with van der Waals surface area (Å²) in [5.74, 6) is -2.93. The number of nitrogens with one attached hydrogen (secondary N) is 2. The van der Waals surface area contributed by atoms with Gasteiger partial charge in [0.1, 0.15) is 68.6 Å². The molecule has 5 heterocycles. The van der Waals surface area contributed by atoms with Crippen molar-refractivity contribution in [2.45, 2.75) is 154 Å². The Kier molecular flexibility index (Phi) is 30.8. The van der Waals surface area contributed by atoms with Crippen LogP contribution in [0.1, 0.15) is 147 Å². The molecule has 0 radical (unpaired) electrons. The van der Waals surface area contributed by atoms with Crippen molar-refractivity contribution in [3.8, 4) is 138 Å². The van der Waals surface area contributed by atoms with E-state index in [9.17, 15) is 79.2 Å². The van der Waals surface area contributed by atoms with E-state index in [0.717, 1.165) is 44.5 Å². The van der Waals surface area contributed by atoms with Crippen LogP contribution in [0.5, 0.6) is 92.0 Å². The van der Waals surface area contributed by atoms with E-state index in [1.54, 1.807) is 146 Å². The maximum Gasteiger partial charge on any atom is 0.303 e. The molecule has 2 aliphatic rings.